The van der Waals surface area contributed by atoms with Crippen LogP contribution in [0.25, 0.3) is 0 Å². The Hall–Kier alpha value is 1.13. The topological polar surface area (TPSA) is 36.1 Å². The first-order chi connectivity index (χ1) is 9.57. The van der Waals surface area contributed by atoms with Crippen molar-refractivity contribution in [1.82, 2.24) is 16.0 Å². The lowest BCUT2D eigenvalue weighted by atomic mass is 10.1. The van der Waals surface area contributed by atoms with Gasteiger partial charge in [-0.25, -0.2) is 0 Å². The van der Waals surface area contributed by atoms with E-state index >= 15 is 0 Å². The number of hydrogen-bond donors (Lipinski definition) is 3. The van der Waals surface area contributed by atoms with Crippen LogP contribution < -0.4 is 16.0 Å². The number of hydrogen-bond acceptors (Lipinski definition) is 3. The Kier molecular flexibility index (Phi) is 6.10. The minimum absolute atomic E-state index is 0.384. The van der Waals surface area contributed by atoms with Gasteiger partial charge in [0.1, 0.15) is 12.3 Å². The summed E-state index contributed by atoms with van der Waals surface area (Å²) in [6, 6.07) is 7.14. The average molecular weight is 432 g/mol. The molecule has 0 radical (unpaired) electrons. The first-order valence-corrected chi connectivity index (χ1v) is 8.39. The third-order valence-corrected chi connectivity index (χ3v) is 4.42. The van der Waals surface area contributed by atoms with E-state index in [1.165, 1.54) is 0 Å². The van der Waals surface area contributed by atoms with Gasteiger partial charge in [-0.05, 0) is 17.7 Å². The molecule has 0 aromatic heterocycles. The number of alkyl halides is 6. The number of rotatable bonds is 1. The maximum absolute atomic E-state index is 5.93. The summed E-state index contributed by atoms with van der Waals surface area (Å²) in [7, 11) is 0. The van der Waals surface area contributed by atoms with Crippen LogP contribution in [0.1, 0.15) is 11.7 Å². The first kappa shape index (κ1) is 18.5. The van der Waals surface area contributed by atoms with Gasteiger partial charge in [0, 0.05) is 5.02 Å². The lowest BCUT2D eigenvalue weighted by Crippen LogP contribution is -2.70. The number of nitrogens with one attached hydrogen (secondary N) is 3. The van der Waals surface area contributed by atoms with E-state index in [1.807, 2.05) is 12.1 Å². The Labute approximate surface area is 157 Å². The molecule has 1 aliphatic heterocycles. The van der Waals surface area contributed by atoms with Crippen LogP contribution in [0.3, 0.4) is 0 Å². The van der Waals surface area contributed by atoms with Crippen LogP contribution in [0.15, 0.2) is 24.3 Å². The molecule has 0 spiro atoms. The van der Waals surface area contributed by atoms with Crippen molar-refractivity contribution in [3.63, 3.8) is 0 Å². The molecule has 1 fully saturated rings. The summed E-state index contributed by atoms with van der Waals surface area (Å²) >= 11 is 41.5. The summed E-state index contributed by atoms with van der Waals surface area (Å²) in [5.41, 5.74) is 0.861. The van der Waals surface area contributed by atoms with Crippen LogP contribution >= 0.6 is 81.2 Å². The van der Waals surface area contributed by atoms with Crippen molar-refractivity contribution in [3.05, 3.63) is 34.9 Å². The van der Waals surface area contributed by atoms with Crippen molar-refractivity contribution in [2.24, 2.45) is 0 Å². The molecule has 0 amide bonds. The van der Waals surface area contributed by atoms with Gasteiger partial charge in [-0.2, -0.15) is 0 Å². The second-order valence-corrected chi connectivity index (χ2v) is 9.61. The van der Waals surface area contributed by atoms with E-state index in [-0.39, 0.29) is 6.17 Å². The van der Waals surface area contributed by atoms with E-state index in [0.717, 1.165) is 5.56 Å². The smallest absolute Gasteiger partial charge is 0.218 e. The summed E-state index contributed by atoms with van der Waals surface area (Å²) in [5, 5.41) is 9.71. The lowest BCUT2D eigenvalue weighted by Gasteiger charge is -2.43. The zero-order valence-corrected chi connectivity index (χ0v) is 15.5. The fourth-order valence-electron chi connectivity index (χ4n) is 1.87. The number of benzene rings is 1. The third-order valence-electron chi connectivity index (χ3n) is 2.86. The van der Waals surface area contributed by atoms with Crippen LogP contribution in [0.4, 0.5) is 0 Å². The van der Waals surface area contributed by atoms with E-state index in [0.29, 0.717) is 5.02 Å². The Bertz CT molecular complexity index is 460. The molecule has 1 heterocycles. The van der Waals surface area contributed by atoms with Crippen LogP contribution in [0, 0.1) is 0 Å². The van der Waals surface area contributed by atoms with Gasteiger partial charge in [0.15, 0.2) is 0 Å². The molecule has 1 aromatic carbocycles. The SMILES string of the molecule is Clc1ccc(C2NC(C(Cl)(Cl)Cl)NC(C(Cl)(Cl)Cl)N2)cc1. The summed E-state index contributed by atoms with van der Waals surface area (Å²) in [4.78, 5) is 0. The largest absolute Gasteiger partial charge is 0.279 e. The number of halogens is 7. The second-order valence-electron chi connectivity index (χ2n) is 4.43. The fraction of sp³-hybridized carbons (Fsp3) is 0.455. The lowest BCUT2D eigenvalue weighted by molar-refractivity contribution is 0.203. The van der Waals surface area contributed by atoms with Gasteiger partial charge in [0.05, 0.1) is 6.17 Å². The van der Waals surface area contributed by atoms with E-state index in [2.05, 4.69) is 16.0 Å². The molecule has 0 saturated carbocycles. The van der Waals surface area contributed by atoms with Gasteiger partial charge in [-0.1, -0.05) is 93.3 Å². The highest BCUT2D eigenvalue weighted by Gasteiger charge is 2.45. The molecule has 2 rings (SSSR count). The normalized spacial score (nSPS) is 27.7. The van der Waals surface area contributed by atoms with E-state index in [9.17, 15) is 0 Å². The molecule has 2 unspecified atom stereocenters. The van der Waals surface area contributed by atoms with Crippen molar-refractivity contribution in [3.8, 4) is 0 Å². The third kappa shape index (κ3) is 5.05. The van der Waals surface area contributed by atoms with Gasteiger partial charge >= 0.3 is 0 Å². The predicted octanol–water partition coefficient (Wildman–Crippen LogP) is 4.51. The van der Waals surface area contributed by atoms with Gasteiger partial charge in [0.25, 0.3) is 0 Å². The molecular formula is C11H10Cl7N3. The Balaban J connectivity index is 2.26. The quantitative estimate of drug-likeness (QED) is 0.572. The van der Waals surface area contributed by atoms with Crippen molar-refractivity contribution < 1.29 is 0 Å². The highest BCUT2D eigenvalue weighted by atomic mass is 35.6. The molecule has 1 aliphatic rings. The van der Waals surface area contributed by atoms with E-state index < -0.39 is 19.9 Å². The standard InChI is InChI=1S/C11H10Cl7N3/c12-6-3-1-5(2-4-6)7-19-8(10(13,14)15)21-9(20-7)11(16,17)18/h1-4,7-9,19-21H. The van der Waals surface area contributed by atoms with E-state index in [1.54, 1.807) is 12.1 Å². The highest BCUT2D eigenvalue weighted by molar-refractivity contribution is 6.68. The molecule has 1 aromatic rings. The Morgan fingerprint density at radius 1 is 0.714 bits per heavy atom. The maximum Gasteiger partial charge on any atom is 0.218 e. The van der Waals surface area contributed by atoms with Crippen molar-refractivity contribution in [2.75, 3.05) is 0 Å². The summed E-state index contributed by atoms with van der Waals surface area (Å²) < 4.78 is -3.25. The molecule has 118 valence electrons. The molecule has 3 nitrogen and oxygen atoms in total. The molecule has 21 heavy (non-hydrogen) atoms. The van der Waals surface area contributed by atoms with Gasteiger partial charge in [-0.15, -0.1) is 0 Å². The minimum atomic E-state index is -1.62. The predicted molar refractivity (Wildman–Crippen MR) is 91.8 cm³/mol. The fourth-order valence-corrected chi connectivity index (χ4v) is 2.75. The zero-order chi connectivity index (χ0) is 15.8. The zero-order valence-electron chi connectivity index (χ0n) is 10.2. The molecule has 2 atom stereocenters. The Morgan fingerprint density at radius 2 is 1.14 bits per heavy atom. The average Bonchev–Trinajstić information content (AvgIpc) is 2.37. The molecule has 1 saturated heterocycles. The summed E-state index contributed by atoms with van der Waals surface area (Å²) in [6.07, 6.45) is -1.82. The Morgan fingerprint density at radius 3 is 1.52 bits per heavy atom. The van der Waals surface area contributed by atoms with Crippen molar-refractivity contribution in [1.29, 1.82) is 0 Å². The molecule has 10 heteroatoms. The monoisotopic (exact) mass is 429 g/mol. The van der Waals surface area contributed by atoms with Gasteiger partial charge in [0.2, 0.25) is 7.59 Å². The highest BCUT2D eigenvalue weighted by Crippen LogP contribution is 2.36. The second kappa shape index (κ2) is 6.94. The van der Waals surface area contributed by atoms with E-state index in [4.69, 9.17) is 81.2 Å². The summed E-state index contributed by atoms with van der Waals surface area (Å²) in [6.45, 7) is 0. The maximum atomic E-state index is 5.93. The van der Waals surface area contributed by atoms with Crippen LogP contribution in [-0.4, -0.2) is 19.9 Å². The molecular weight excluding hydrogens is 422 g/mol. The molecule has 0 aliphatic carbocycles. The van der Waals surface area contributed by atoms with Crippen LogP contribution in [-0.2, 0) is 0 Å². The van der Waals surface area contributed by atoms with Crippen LogP contribution in [0.2, 0.25) is 5.02 Å². The summed E-state index contributed by atoms with van der Waals surface area (Å²) in [5.74, 6) is 0. The van der Waals surface area contributed by atoms with Crippen molar-refractivity contribution >= 4 is 81.2 Å². The van der Waals surface area contributed by atoms with Crippen LogP contribution in [0.5, 0.6) is 0 Å². The first-order valence-electron chi connectivity index (χ1n) is 5.74. The van der Waals surface area contributed by atoms with Gasteiger partial charge in [-0.3, -0.25) is 16.0 Å². The molecule has 3 N–H and O–H groups in total. The molecule has 0 bridgehead atoms. The minimum Gasteiger partial charge on any atom is -0.279 e. The van der Waals surface area contributed by atoms with Gasteiger partial charge < -0.3 is 0 Å². The van der Waals surface area contributed by atoms with Crippen molar-refractivity contribution in [2.45, 2.75) is 26.1 Å².